The fourth-order valence-electron chi connectivity index (χ4n) is 3.24. The first kappa shape index (κ1) is 24.4. The number of aryl methyl sites for hydroxylation is 1. The summed E-state index contributed by atoms with van der Waals surface area (Å²) in [6, 6.07) is 8.41. The number of methoxy groups -OCH3 is 1. The van der Waals surface area contributed by atoms with Gasteiger partial charge in [-0.1, -0.05) is 6.07 Å². The van der Waals surface area contributed by atoms with E-state index in [4.69, 9.17) is 14.2 Å². The molecule has 0 spiro atoms. The molecule has 1 atom stereocenters. The average molecular weight is 480 g/mol. The number of non-ortho nitro benzene ring substituents is 1. The van der Waals surface area contributed by atoms with Crippen molar-refractivity contribution >= 4 is 27.3 Å². The number of carbonyl (C=O) groups excluding carboxylic acids is 1. The van der Waals surface area contributed by atoms with Crippen molar-refractivity contribution in [1.29, 1.82) is 0 Å². The molecule has 1 saturated heterocycles. The van der Waals surface area contributed by atoms with Gasteiger partial charge in [0.2, 0.25) is 10.0 Å². The molecule has 178 valence electrons. The average Bonchev–Trinajstić information content (AvgIpc) is 2.80. The second kappa shape index (κ2) is 10.1. The summed E-state index contributed by atoms with van der Waals surface area (Å²) < 4.78 is 43.4. The number of ether oxygens (including phenoxy) is 3. The van der Waals surface area contributed by atoms with E-state index in [1.54, 1.807) is 19.1 Å². The van der Waals surface area contributed by atoms with Crippen LogP contribution in [0.25, 0.3) is 0 Å². The summed E-state index contributed by atoms with van der Waals surface area (Å²) in [5.74, 6) is -0.301. The lowest BCUT2D eigenvalue weighted by Crippen LogP contribution is -2.40. The molecule has 0 radical (unpaired) electrons. The van der Waals surface area contributed by atoms with Gasteiger partial charge in [0.15, 0.2) is 17.6 Å². The molecule has 1 unspecified atom stereocenters. The van der Waals surface area contributed by atoms with E-state index >= 15 is 0 Å². The highest BCUT2D eigenvalue weighted by molar-refractivity contribution is 7.89. The Kier molecular flexibility index (Phi) is 7.51. The Balaban J connectivity index is 1.77. The molecule has 12 heteroatoms. The van der Waals surface area contributed by atoms with Crippen LogP contribution in [0.4, 0.5) is 11.4 Å². The van der Waals surface area contributed by atoms with Crippen molar-refractivity contribution in [2.45, 2.75) is 24.8 Å². The normalized spacial score (nSPS) is 15.5. The zero-order chi connectivity index (χ0) is 24.2. The van der Waals surface area contributed by atoms with Crippen molar-refractivity contribution in [2.24, 2.45) is 0 Å². The van der Waals surface area contributed by atoms with E-state index in [9.17, 15) is 23.3 Å². The van der Waals surface area contributed by atoms with Crippen LogP contribution in [0.5, 0.6) is 11.5 Å². The summed E-state index contributed by atoms with van der Waals surface area (Å²) in [5.41, 5.74) is 0.610. The van der Waals surface area contributed by atoms with Gasteiger partial charge in [-0.05, 0) is 37.6 Å². The van der Waals surface area contributed by atoms with Gasteiger partial charge in [0, 0.05) is 24.8 Å². The van der Waals surface area contributed by atoms with E-state index in [0.717, 1.165) is 0 Å². The second-order valence-corrected chi connectivity index (χ2v) is 9.24. The number of sulfonamides is 1. The van der Waals surface area contributed by atoms with Crippen LogP contribution in [0.15, 0.2) is 41.3 Å². The SMILES string of the molecule is COc1ccc([N+](=O)[O-])cc1OC(C)C(=O)Nc1ccc(C)c(S(=O)(=O)N2CCOCC2)c1. The lowest BCUT2D eigenvalue weighted by molar-refractivity contribution is -0.385. The van der Waals surface area contributed by atoms with Crippen LogP contribution in [0.3, 0.4) is 0 Å². The topological polar surface area (TPSA) is 137 Å². The van der Waals surface area contributed by atoms with E-state index in [0.29, 0.717) is 18.8 Å². The third-order valence-corrected chi connectivity index (χ3v) is 7.12. The van der Waals surface area contributed by atoms with Crippen LogP contribution in [0.1, 0.15) is 12.5 Å². The van der Waals surface area contributed by atoms with Crippen molar-refractivity contribution in [3.05, 3.63) is 52.1 Å². The maximum atomic E-state index is 13.0. The van der Waals surface area contributed by atoms with Gasteiger partial charge in [-0.2, -0.15) is 4.31 Å². The molecule has 2 aromatic carbocycles. The first-order valence-corrected chi connectivity index (χ1v) is 11.6. The molecule has 1 N–H and O–H groups in total. The number of nitrogens with zero attached hydrogens (tertiary/aromatic N) is 2. The number of hydrogen-bond acceptors (Lipinski definition) is 8. The minimum absolute atomic E-state index is 0.0360. The minimum Gasteiger partial charge on any atom is -0.493 e. The summed E-state index contributed by atoms with van der Waals surface area (Å²) in [6.45, 7) is 4.31. The molecule has 1 fully saturated rings. The van der Waals surface area contributed by atoms with Crippen LogP contribution in [-0.4, -0.2) is 63.1 Å². The molecule has 2 aromatic rings. The largest absolute Gasteiger partial charge is 0.493 e. The number of anilines is 1. The molecule has 1 aliphatic heterocycles. The number of carbonyl (C=O) groups is 1. The van der Waals surface area contributed by atoms with Crippen LogP contribution in [0.2, 0.25) is 0 Å². The Morgan fingerprint density at radius 1 is 1.18 bits per heavy atom. The van der Waals surface area contributed by atoms with Crippen molar-refractivity contribution in [3.63, 3.8) is 0 Å². The van der Waals surface area contributed by atoms with Gasteiger partial charge in [-0.25, -0.2) is 8.42 Å². The number of amides is 1. The molecule has 33 heavy (non-hydrogen) atoms. The molecule has 0 aliphatic carbocycles. The molecule has 1 amide bonds. The lowest BCUT2D eigenvalue weighted by Gasteiger charge is -2.27. The van der Waals surface area contributed by atoms with Crippen molar-refractivity contribution in [2.75, 3.05) is 38.7 Å². The number of hydrogen-bond donors (Lipinski definition) is 1. The third-order valence-electron chi connectivity index (χ3n) is 5.07. The quantitative estimate of drug-likeness (QED) is 0.450. The Bertz CT molecular complexity index is 1150. The van der Waals surface area contributed by atoms with E-state index < -0.39 is 27.0 Å². The molecule has 0 saturated carbocycles. The van der Waals surface area contributed by atoms with Gasteiger partial charge in [0.05, 0.1) is 36.2 Å². The highest BCUT2D eigenvalue weighted by Crippen LogP contribution is 2.32. The van der Waals surface area contributed by atoms with Crippen molar-refractivity contribution in [1.82, 2.24) is 4.31 Å². The fraction of sp³-hybridized carbons (Fsp3) is 0.381. The van der Waals surface area contributed by atoms with Gasteiger partial charge < -0.3 is 19.5 Å². The number of nitro benzene ring substituents is 1. The maximum Gasteiger partial charge on any atom is 0.273 e. The van der Waals surface area contributed by atoms with Gasteiger partial charge in [-0.3, -0.25) is 14.9 Å². The maximum absolute atomic E-state index is 13.0. The molecule has 11 nitrogen and oxygen atoms in total. The monoisotopic (exact) mass is 479 g/mol. The van der Waals surface area contributed by atoms with Gasteiger partial charge in [0.1, 0.15) is 0 Å². The molecule has 1 aliphatic rings. The predicted octanol–water partition coefficient (Wildman–Crippen LogP) is 2.34. The molecule has 1 heterocycles. The van der Waals surface area contributed by atoms with Gasteiger partial charge in [0.25, 0.3) is 11.6 Å². The third kappa shape index (κ3) is 5.59. The minimum atomic E-state index is -3.75. The number of nitrogens with one attached hydrogen (secondary N) is 1. The van der Waals surface area contributed by atoms with E-state index in [-0.39, 0.29) is 40.9 Å². The van der Waals surface area contributed by atoms with E-state index in [2.05, 4.69) is 5.32 Å². The molecule has 0 bridgehead atoms. The second-order valence-electron chi connectivity index (χ2n) is 7.34. The number of morpholine rings is 1. The van der Waals surface area contributed by atoms with Crippen LogP contribution >= 0.6 is 0 Å². The summed E-state index contributed by atoms with van der Waals surface area (Å²) >= 11 is 0. The molecule has 0 aromatic heterocycles. The smallest absolute Gasteiger partial charge is 0.273 e. The summed E-state index contributed by atoms with van der Waals surface area (Å²) in [5, 5.41) is 13.7. The van der Waals surface area contributed by atoms with Crippen molar-refractivity contribution < 1.29 is 32.3 Å². The molecular formula is C21H25N3O8S. The Morgan fingerprint density at radius 3 is 2.52 bits per heavy atom. The first-order valence-electron chi connectivity index (χ1n) is 10.1. The lowest BCUT2D eigenvalue weighted by atomic mass is 10.2. The summed E-state index contributed by atoms with van der Waals surface area (Å²) in [6.07, 6.45) is -1.05. The van der Waals surface area contributed by atoms with Crippen LogP contribution in [-0.2, 0) is 19.6 Å². The zero-order valence-corrected chi connectivity index (χ0v) is 19.3. The van der Waals surface area contributed by atoms with Crippen molar-refractivity contribution in [3.8, 4) is 11.5 Å². The highest BCUT2D eigenvalue weighted by Gasteiger charge is 2.28. The first-order chi connectivity index (χ1) is 15.6. The summed E-state index contributed by atoms with van der Waals surface area (Å²) in [7, 11) is -2.37. The number of nitro groups is 1. The standard InChI is InChI=1S/C21H25N3O8S/c1-14-4-5-16(12-20(14)33(28,29)23-8-10-31-11-9-23)22-21(25)15(2)32-19-13-17(24(26)27)6-7-18(19)30-3/h4-7,12-13,15H,8-11H2,1-3H3,(H,22,25). The Labute approximate surface area is 191 Å². The Hall–Kier alpha value is -3.22. The van der Waals surface area contributed by atoms with Gasteiger partial charge >= 0.3 is 0 Å². The summed E-state index contributed by atoms with van der Waals surface area (Å²) in [4.78, 5) is 23.2. The van der Waals surface area contributed by atoms with Crippen LogP contribution in [0, 0.1) is 17.0 Å². The van der Waals surface area contributed by atoms with E-state index in [1.165, 1.54) is 42.6 Å². The number of rotatable bonds is 8. The van der Waals surface area contributed by atoms with Crippen LogP contribution < -0.4 is 14.8 Å². The zero-order valence-electron chi connectivity index (χ0n) is 18.4. The highest BCUT2D eigenvalue weighted by atomic mass is 32.2. The molecule has 3 rings (SSSR count). The molecular weight excluding hydrogens is 454 g/mol. The Morgan fingerprint density at radius 2 is 1.88 bits per heavy atom. The van der Waals surface area contributed by atoms with E-state index in [1.807, 2.05) is 0 Å². The fourth-order valence-corrected chi connectivity index (χ4v) is 4.90. The van der Waals surface area contributed by atoms with Gasteiger partial charge in [-0.15, -0.1) is 0 Å². The predicted molar refractivity (Wildman–Crippen MR) is 119 cm³/mol. The number of benzene rings is 2.